The first-order chi connectivity index (χ1) is 8.65. The summed E-state index contributed by atoms with van der Waals surface area (Å²) in [4.78, 5) is 14.4. The van der Waals surface area contributed by atoms with E-state index in [1.807, 2.05) is 18.7 Å². The van der Waals surface area contributed by atoms with Crippen LogP contribution in [-0.4, -0.2) is 47.4 Å². The molecular formula is C11H17ClN4O2. The van der Waals surface area contributed by atoms with E-state index in [0.717, 1.165) is 26.1 Å². The summed E-state index contributed by atoms with van der Waals surface area (Å²) in [6.45, 7) is 6.87. The lowest BCUT2D eigenvalue weighted by atomic mass is 10.4. The summed E-state index contributed by atoms with van der Waals surface area (Å²) in [7, 11) is 0. The molecule has 18 heavy (non-hydrogen) atoms. The molecule has 1 aromatic heterocycles. The van der Waals surface area contributed by atoms with E-state index in [2.05, 4.69) is 15.0 Å². The van der Waals surface area contributed by atoms with Gasteiger partial charge in [0.25, 0.3) is 0 Å². The minimum atomic E-state index is 0.00350. The van der Waals surface area contributed by atoms with Crippen molar-refractivity contribution in [3.8, 4) is 6.01 Å². The van der Waals surface area contributed by atoms with E-state index < -0.39 is 0 Å². The molecule has 100 valence electrons. The maximum atomic E-state index is 5.89. The van der Waals surface area contributed by atoms with Crippen LogP contribution in [0.4, 0.5) is 5.95 Å². The van der Waals surface area contributed by atoms with Crippen LogP contribution < -0.4 is 9.64 Å². The molecule has 0 aromatic carbocycles. The van der Waals surface area contributed by atoms with Gasteiger partial charge in [-0.25, -0.2) is 0 Å². The average Bonchev–Trinajstić information content (AvgIpc) is 2.55. The first-order valence-electron chi connectivity index (χ1n) is 6.06. The molecule has 1 fully saturated rings. The van der Waals surface area contributed by atoms with Crippen molar-refractivity contribution in [1.82, 2.24) is 15.0 Å². The fourth-order valence-electron chi connectivity index (χ4n) is 1.67. The van der Waals surface area contributed by atoms with Gasteiger partial charge in [-0.05, 0) is 31.9 Å². The molecule has 0 N–H and O–H groups in total. The predicted octanol–water partition coefficient (Wildman–Crippen LogP) is 1.54. The standard InChI is InChI=1S/C11H17ClN4O2/c1-8(2)18-11-14-9(12)13-10(15-11)16-4-3-6-17-7-5-16/h8H,3-7H2,1-2H3. The van der Waals surface area contributed by atoms with Gasteiger partial charge >= 0.3 is 6.01 Å². The Morgan fingerprint density at radius 2 is 2.06 bits per heavy atom. The molecule has 1 aliphatic heterocycles. The molecule has 0 unspecified atom stereocenters. The highest BCUT2D eigenvalue weighted by Crippen LogP contribution is 2.17. The number of nitrogens with zero attached hydrogens (tertiary/aromatic N) is 4. The number of halogens is 1. The second-order valence-electron chi connectivity index (χ2n) is 4.31. The summed E-state index contributed by atoms with van der Waals surface area (Å²) in [5.41, 5.74) is 0. The molecule has 2 heterocycles. The van der Waals surface area contributed by atoms with Gasteiger partial charge in [0.1, 0.15) is 0 Å². The van der Waals surface area contributed by atoms with Gasteiger partial charge in [-0.2, -0.15) is 15.0 Å². The van der Waals surface area contributed by atoms with Gasteiger partial charge in [-0.1, -0.05) is 0 Å². The zero-order chi connectivity index (χ0) is 13.0. The van der Waals surface area contributed by atoms with Gasteiger partial charge in [-0.3, -0.25) is 0 Å². The second-order valence-corrected chi connectivity index (χ2v) is 4.64. The molecule has 1 saturated heterocycles. The molecular weight excluding hydrogens is 256 g/mol. The highest BCUT2D eigenvalue weighted by atomic mass is 35.5. The van der Waals surface area contributed by atoms with Crippen molar-refractivity contribution in [3.05, 3.63) is 5.28 Å². The average molecular weight is 273 g/mol. The van der Waals surface area contributed by atoms with E-state index in [9.17, 15) is 0 Å². The van der Waals surface area contributed by atoms with E-state index in [0.29, 0.717) is 12.6 Å². The van der Waals surface area contributed by atoms with Crippen LogP contribution in [-0.2, 0) is 4.74 Å². The van der Waals surface area contributed by atoms with Gasteiger partial charge in [-0.15, -0.1) is 0 Å². The van der Waals surface area contributed by atoms with E-state index >= 15 is 0 Å². The van der Waals surface area contributed by atoms with Crippen molar-refractivity contribution in [3.63, 3.8) is 0 Å². The largest absolute Gasteiger partial charge is 0.461 e. The Labute approximate surface area is 111 Å². The lowest BCUT2D eigenvalue weighted by Crippen LogP contribution is -2.28. The van der Waals surface area contributed by atoms with Crippen LogP contribution in [0.3, 0.4) is 0 Å². The molecule has 7 heteroatoms. The fourth-order valence-corrected chi connectivity index (χ4v) is 1.82. The zero-order valence-electron chi connectivity index (χ0n) is 10.6. The molecule has 0 bridgehead atoms. The topological polar surface area (TPSA) is 60.4 Å². The van der Waals surface area contributed by atoms with Crippen molar-refractivity contribution >= 4 is 17.5 Å². The van der Waals surface area contributed by atoms with Gasteiger partial charge in [0, 0.05) is 19.7 Å². The van der Waals surface area contributed by atoms with Gasteiger partial charge in [0.15, 0.2) is 0 Å². The SMILES string of the molecule is CC(C)Oc1nc(Cl)nc(N2CCCOCC2)n1. The zero-order valence-corrected chi connectivity index (χ0v) is 11.4. The monoisotopic (exact) mass is 272 g/mol. The molecule has 0 amide bonds. The smallest absolute Gasteiger partial charge is 0.322 e. The van der Waals surface area contributed by atoms with Gasteiger partial charge in [0.2, 0.25) is 11.2 Å². The number of ether oxygens (including phenoxy) is 2. The second kappa shape index (κ2) is 6.15. The lowest BCUT2D eigenvalue weighted by Gasteiger charge is -2.19. The van der Waals surface area contributed by atoms with Crippen LogP contribution >= 0.6 is 11.6 Å². The third-order valence-corrected chi connectivity index (χ3v) is 2.59. The highest BCUT2D eigenvalue weighted by Gasteiger charge is 2.16. The molecule has 2 rings (SSSR count). The van der Waals surface area contributed by atoms with E-state index in [1.54, 1.807) is 0 Å². The van der Waals surface area contributed by atoms with Gasteiger partial charge in [0.05, 0.1) is 12.7 Å². The van der Waals surface area contributed by atoms with Crippen molar-refractivity contribution in [1.29, 1.82) is 0 Å². The summed E-state index contributed by atoms with van der Waals surface area (Å²) in [6.07, 6.45) is 0.952. The van der Waals surface area contributed by atoms with Crippen LogP contribution in [0.15, 0.2) is 0 Å². The van der Waals surface area contributed by atoms with Gasteiger partial charge < -0.3 is 14.4 Å². The quantitative estimate of drug-likeness (QED) is 0.832. The van der Waals surface area contributed by atoms with Crippen molar-refractivity contribution in [2.45, 2.75) is 26.4 Å². The Bertz CT molecular complexity index is 395. The number of hydrogen-bond donors (Lipinski definition) is 0. The summed E-state index contributed by atoms with van der Waals surface area (Å²) < 4.78 is 10.8. The molecule has 0 radical (unpaired) electrons. The molecule has 6 nitrogen and oxygen atoms in total. The summed E-state index contributed by atoms with van der Waals surface area (Å²) in [6, 6.07) is 0.269. The summed E-state index contributed by atoms with van der Waals surface area (Å²) in [5, 5.41) is 0.154. The molecule has 1 aliphatic rings. The normalized spacial score (nSPS) is 16.8. The summed E-state index contributed by atoms with van der Waals surface area (Å²) in [5.74, 6) is 0.552. The van der Waals surface area contributed by atoms with E-state index in [-0.39, 0.29) is 17.4 Å². The van der Waals surface area contributed by atoms with E-state index in [4.69, 9.17) is 21.1 Å². The maximum Gasteiger partial charge on any atom is 0.322 e. The lowest BCUT2D eigenvalue weighted by molar-refractivity contribution is 0.152. The molecule has 0 spiro atoms. The van der Waals surface area contributed by atoms with Crippen LogP contribution in [0.25, 0.3) is 0 Å². The van der Waals surface area contributed by atoms with Crippen molar-refractivity contribution in [2.24, 2.45) is 0 Å². The molecule has 1 aromatic rings. The predicted molar refractivity (Wildman–Crippen MR) is 68.3 cm³/mol. The fraction of sp³-hybridized carbons (Fsp3) is 0.727. The first-order valence-corrected chi connectivity index (χ1v) is 6.44. The Hall–Kier alpha value is -1.14. The Morgan fingerprint density at radius 3 is 2.83 bits per heavy atom. The number of anilines is 1. The third-order valence-electron chi connectivity index (χ3n) is 2.42. The number of aromatic nitrogens is 3. The molecule has 0 aliphatic carbocycles. The Morgan fingerprint density at radius 1 is 1.22 bits per heavy atom. The first kappa shape index (κ1) is 13.3. The molecule has 0 atom stereocenters. The Balaban J connectivity index is 2.17. The number of rotatable bonds is 3. The maximum absolute atomic E-state index is 5.89. The van der Waals surface area contributed by atoms with Crippen LogP contribution in [0.1, 0.15) is 20.3 Å². The Kier molecular flexibility index (Phi) is 4.54. The summed E-state index contributed by atoms with van der Waals surface area (Å²) >= 11 is 5.89. The van der Waals surface area contributed by atoms with Crippen LogP contribution in [0, 0.1) is 0 Å². The van der Waals surface area contributed by atoms with E-state index in [1.165, 1.54) is 0 Å². The van der Waals surface area contributed by atoms with Crippen molar-refractivity contribution < 1.29 is 9.47 Å². The molecule has 0 saturated carbocycles. The van der Waals surface area contributed by atoms with Crippen molar-refractivity contribution in [2.75, 3.05) is 31.2 Å². The number of hydrogen-bond acceptors (Lipinski definition) is 6. The van der Waals surface area contributed by atoms with Crippen LogP contribution in [0.2, 0.25) is 5.28 Å². The minimum absolute atomic E-state index is 0.00350. The van der Waals surface area contributed by atoms with Crippen LogP contribution in [0.5, 0.6) is 6.01 Å². The minimum Gasteiger partial charge on any atom is -0.461 e. The third kappa shape index (κ3) is 3.68. The highest BCUT2D eigenvalue weighted by molar-refractivity contribution is 6.28.